The molecule has 5 nitrogen and oxygen atoms in total. The summed E-state index contributed by atoms with van der Waals surface area (Å²) in [4.78, 5) is 4.00. The summed E-state index contributed by atoms with van der Waals surface area (Å²) in [5, 5.41) is 4.05. The van der Waals surface area contributed by atoms with Gasteiger partial charge in [-0.2, -0.15) is 5.10 Å². The Labute approximate surface area is 63.9 Å². The summed E-state index contributed by atoms with van der Waals surface area (Å²) in [7, 11) is 1.81. The average Bonchev–Trinajstić information content (AvgIpc) is 2.55. The average molecular weight is 155 g/mol. The molecule has 1 aliphatic rings. The summed E-state index contributed by atoms with van der Waals surface area (Å²) in [6, 6.07) is 0. The fraction of sp³-hybridized carbons (Fsp3) is 0.667. The molecule has 1 aromatic rings. The number of hydrogen-bond acceptors (Lipinski definition) is 4. The lowest BCUT2D eigenvalue weighted by atomic mass is 10.6. The van der Waals surface area contributed by atoms with Gasteiger partial charge < -0.3 is 9.47 Å². The van der Waals surface area contributed by atoms with E-state index in [-0.39, 0.29) is 6.29 Å². The van der Waals surface area contributed by atoms with Crippen molar-refractivity contribution in [3.05, 3.63) is 12.2 Å². The predicted octanol–water partition coefficient (Wildman–Crippen LogP) is -0.140. The van der Waals surface area contributed by atoms with E-state index in [4.69, 9.17) is 9.47 Å². The summed E-state index contributed by atoms with van der Waals surface area (Å²) < 4.78 is 12.0. The first-order valence-corrected chi connectivity index (χ1v) is 3.45. The van der Waals surface area contributed by atoms with Gasteiger partial charge in [0.1, 0.15) is 6.33 Å². The molecule has 1 saturated heterocycles. The molecule has 0 amide bonds. The lowest BCUT2D eigenvalue weighted by Gasteiger charge is -2.01. The molecule has 11 heavy (non-hydrogen) atoms. The Morgan fingerprint density at radius 3 is 2.82 bits per heavy atom. The third kappa shape index (κ3) is 1.24. The van der Waals surface area contributed by atoms with Crippen molar-refractivity contribution in [3.63, 3.8) is 0 Å². The summed E-state index contributed by atoms with van der Waals surface area (Å²) >= 11 is 0. The van der Waals surface area contributed by atoms with Crippen molar-refractivity contribution in [1.82, 2.24) is 14.8 Å². The van der Waals surface area contributed by atoms with E-state index in [2.05, 4.69) is 10.1 Å². The second-order valence-electron chi connectivity index (χ2n) is 2.35. The van der Waals surface area contributed by atoms with Gasteiger partial charge in [-0.15, -0.1) is 0 Å². The van der Waals surface area contributed by atoms with Crippen LogP contribution in [0.3, 0.4) is 0 Å². The standard InChI is InChI=1S/C6H9N3O2/c1-9-4-7-5(8-9)6-10-2-3-11-6/h4,6H,2-3H2,1H3. The molecule has 0 radical (unpaired) electrons. The number of aryl methyl sites for hydroxylation is 1. The Balaban J connectivity index is 2.15. The third-order valence-electron chi connectivity index (χ3n) is 1.45. The molecule has 0 aromatic carbocycles. The van der Waals surface area contributed by atoms with Crippen LogP contribution >= 0.6 is 0 Å². The van der Waals surface area contributed by atoms with E-state index in [1.165, 1.54) is 0 Å². The minimum absolute atomic E-state index is 0.351. The third-order valence-corrected chi connectivity index (χ3v) is 1.45. The quantitative estimate of drug-likeness (QED) is 0.566. The zero-order valence-electron chi connectivity index (χ0n) is 6.23. The van der Waals surface area contributed by atoms with Gasteiger partial charge in [0.15, 0.2) is 0 Å². The number of nitrogens with zero attached hydrogens (tertiary/aromatic N) is 3. The number of rotatable bonds is 1. The van der Waals surface area contributed by atoms with E-state index in [1.54, 1.807) is 11.0 Å². The van der Waals surface area contributed by atoms with Crippen LogP contribution in [0.5, 0.6) is 0 Å². The second kappa shape index (κ2) is 2.60. The van der Waals surface area contributed by atoms with Gasteiger partial charge in [-0.3, -0.25) is 4.68 Å². The molecule has 0 N–H and O–H groups in total. The Morgan fingerprint density at radius 1 is 1.55 bits per heavy atom. The van der Waals surface area contributed by atoms with Crippen LogP contribution in [-0.2, 0) is 16.5 Å². The molecule has 2 rings (SSSR count). The first-order chi connectivity index (χ1) is 5.36. The molecule has 0 unspecified atom stereocenters. The highest BCUT2D eigenvalue weighted by Crippen LogP contribution is 2.18. The predicted molar refractivity (Wildman–Crippen MR) is 35.6 cm³/mol. The first-order valence-electron chi connectivity index (χ1n) is 3.45. The molecule has 0 aliphatic carbocycles. The topological polar surface area (TPSA) is 49.2 Å². The highest BCUT2D eigenvalue weighted by Gasteiger charge is 2.21. The lowest BCUT2D eigenvalue weighted by molar-refractivity contribution is -0.0506. The summed E-state index contributed by atoms with van der Waals surface area (Å²) in [6.07, 6.45) is 1.27. The molecule has 1 aromatic heterocycles. The van der Waals surface area contributed by atoms with E-state index >= 15 is 0 Å². The normalized spacial score (nSPS) is 19.4. The smallest absolute Gasteiger partial charge is 0.221 e. The van der Waals surface area contributed by atoms with E-state index in [0.717, 1.165) is 0 Å². The number of aromatic nitrogens is 3. The second-order valence-corrected chi connectivity index (χ2v) is 2.35. The highest BCUT2D eigenvalue weighted by molar-refractivity contribution is 4.84. The van der Waals surface area contributed by atoms with Gasteiger partial charge in [0, 0.05) is 7.05 Å². The Bertz CT molecular complexity index is 242. The van der Waals surface area contributed by atoms with Crippen LogP contribution in [0, 0.1) is 0 Å². The van der Waals surface area contributed by atoms with Crippen LogP contribution < -0.4 is 0 Å². The fourth-order valence-electron chi connectivity index (χ4n) is 0.971. The number of hydrogen-bond donors (Lipinski definition) is 0. The van der Waals surface area contributed by atoms with Gasteiger partial charge in [0.05, 0.1) is 13.2 Å². The van der Waals surface area contributed by atoms with E-state index in [0.29, 0.717) is 19.0 Å². The molecule has 5 heteroatoms. The molecule has 0 spiro atoms. The molecule has 0 bridgehead atoms. The summed E-state index contributed by atoms with van der Waals surface area (Å²) in [6.45, 7) is 1.26. The van der Waals surface area contributed by atoms with Crippen LogP contribution in [0.15, 0.2) is 6.33 Å². The Kier molecular flexibility index (Phi) is 1.59. The molecular formula is C6H9N3O2. The molecule has 0 saturated carbocycles. The maximum absolute atomic E-state index is 5.19. The van der Waals surface area contributed by atoms with Crippen molar-refractivity contribution in [2.75, 3.05) is 13.2 Å². The van der Waals surface area contributed by atoms with Gasteiger partial charge in [0.25, 0.3) is 0 Å². The lowest BCUT2D eigenvalue weighted by Crippen LogP contribution is -2.01. The van der Waals surface area contributed by atoms with Gasteiger partial charge in [-0.1, -0.05) is 0 Å². The van der Waals surface area contributed by atoms with Gasteiger partial charge in [-0.05, 0) is 0 Å². The van der Waals surface area contributed by atoms with Crippen molar-refractivity contribution in [1.29, 1.82) is 0 Å². The first kappa shape index (κ1) is 6.75. The van der Waals surface area contributed by atoms with E-state index < -0.39 is 0 Å². The molecule has 2 heterocycles. The molecular weight excluding hydrogens is 146 g/mol. The van der Waals surface area contributed by atoms with Gasteiger partial charge in [0.2, 0.25) is 12.1 Å². The van der Waals surface area contributed by atoms with Crippen molar-refractivity contribution in [2.24, 2.45) is 7.05 Å². The van der Waals surface area contributed by atoms with E-state index in [1.807, 2.05) is 7.05 Å². The van der Waals surface area contributed by atoms with Gasteiger partial charge >= 0.3 is 0 Å². The molecule has 0 atom stereocenters. The Hall–Kier alpha value is -0.940. The van der Waals surface area contributed by atoms with Crippen LogP contribution in [0.25, 0.3) is 0 Å². The monoisotopic (exact) mass is 155 g/mol. The SMILES string of the molecule is Cn1cnc(C2OCCO2)n1. The maximum Gasteiger partial charge on any atom is 0.221 e. The van der Waals surface area contributed by atoms with Crippen molar-refractivity contribution >= 4 is 0 Å². The van der Waals surface area contributed by atoms with Crippen molar-refractivity contribution < 1.29 is 9.47 Å². The summed E-state index contributed by atoms with van der Waals surface area (Å²) in [5.74, 6) is 0.602. The largest absolute Gasteiger partial charge is 0.343 e. The van der Waals surface area contributed by atoms with Crippen LogP contribution in [0.1, 0.15) is 12.1 Å². The van der Waals surface area contributed by atoms with Crippen molar-refractivity contribution in [2.45, 2.75) is 6.29 Å². The highest BCUT2D eigenvalue weighted by atomic mass is 16.7. The zero-order chi connectivity index (χ0) is 7.68. The summed E-state index contributed by atoms with van der Waals surface area (Å²) in [5.41, 5.74) is 0. The van der Waals surface area contributed by atoms with Crippen LogP contribution in [0.4, 0.5) is 0 Å². The van der Waals surface area contributed by atoms with Gasteiger partial charge in [-0.25, -0.2) is 4.98 Å². The van der Waals surface area contributed by atoms with Crippen LogP contribution in [-0.4, -0.2) is 28.0 Å². The van der Waals surface area contributed by atoms with Crippen LogP contribution in [0.2, 0.25) is 0 Å². The number of ether oxygens (including phenoxy) is 2. The van der Waals surface area contributed by atoms with Crippen molar-refractivity contribution in [3.8, 4) is 0 Å². The zero-order valence-corrected chi connectivity index (χ0v) is 6.23. The minimum Gasteiger partial charge on any atom is -0.343 e. The Morgan fingerprint density at radius 2 is 2.27 bits per heavy atom. The van der Waals surface area contributed by atoms with E-state index in [9.17, 15) is 0 Å². The minimum atomic E-state index is -0.351. The molecule has 60 valence electrons. The molecule has 1 fully saturated rings. The maximum atomic E-state index is 5.19. The fourth-order valence-corrected chi connectivity index (χ4v) is 0.971. The molecule has 1 aliphatic heterocycles.